The molecule has 0 radical (unpaired) electrons. The summed E-state index contributed by atoms with van der Waals surface area (Å²) in [5, 5.41) is 13.6. The van der Waals surface area contributed by atoms with Crippen LogP contribution in [0.3, 0.4) is 0 Å². The van der Waals surface area contributed by atoms with Crippen molar-refractivity contribution in [3.8, 4) is 0 Å². The highest BCUT2D eigenvalue weighted by Gasteiger charge is 2.25. The quantitative estimate of drug-likeness (QED) is 0.524. The molecule has 0 aliphatic rings. The van der Waals surface area contributed by atoms with Gasteiger partial charge < -0.3 is 15.2 Å². The van der Waals surface area contributed by atoms with Crippen LogP contribution in [0.5, 0.6) is 0 Å². The summed E-state index contributed by atoms with van der Waals surface area (Å²) in [4.78, 5) is 13.2. The Morgan fingerprint density at radius 3 is 2.46 bits per heavy atom. The number of hydrogen-bond acceptors (Lipinski definition) is 5. The van der Waals surface area contributed by atoms with Crippen molar-refractivity contribution in [2.45, 2.75) is 75.4 Å². The van der Waals surface area contributed by atoms with Gasteiger partial charge in [-0.25, -0.2) is 0 Å². The summed E-state index contributed by atoms with van der Waals surface area (Å²) < 4.78 is 5.39. The monoisotopic (exact) mass is 353 g/mol. The number of nitrogens with one attached hydrogen (secondary N) is 1. The maximum atomic E-state index is 12.1. The third kappa shape index (κ3) is 8.18. The average Bonchev–Trinajstić information content (AvgIpc) is 2.50. The van der Waals surface area contributed by atoms with Gasteiger partial charge in [-0.2, -0.15) is 0 Å². The predicted molar refractivity (Wildman–Crippen MR) is 100 cm³/mol. The lowest BCUT2D eigenvalue weighted by Crippen LogP contribution is -2.44. The first-order valence-electron chi connectivity index (χ1n) is 8.59. The molecule has 1 aromatic rings. The van der Waals surface area contributed by atoms with Gasteiger partial charge in [0.15, 0.2) is 0 Å². The minimum Gasteiger partial charge on any atom is -0.459 e. The second-order valence-electron chi connectivity index (χ2n) is 6.99. The molecule has 0 unspecified atom stereocenters. The van der Waals surface area contributed by atoms with Gasteiger partial charge in [0.1, 0.15) is 11.6 Å². The van der Waals surface area contributed by atoms with Crippen LogP contribution in [0, 0.1) is 0 Å². The fraction of sp³-hybridized carbons (Fsp3) is 0.632. The van der Waals surface area contributed by atoms with E-state index in [1.54, 1.807) is 18.7 Å². The number of aliphatic hydroxyl groups is 1. The van der Waals surface area contributed by atoms with E-state index < -0.39 is 17.7 Å². The van der Waals surface area contributed by atoms with Gasteiger partial charge in [0, 0.05) is 16.7 Å². The topological polar surface area (TPSA) is 58.6 Å². The lowest BCUT2D eigenvalue weighted by atomic mass is 10.1. The van der Waals surface area contributed by atoms with E-state index in [-0.39, 0.29) is 11.2 Å². The molecule has 0 aromatic heterocycles. The number of rotatable bonds is 9. The van der Waals surface area contributed by atoms with Crippen LogP contribution in [-0.2, 0) is 9.53 Å². The van der Waals surface area contributed by atoms with Crippen LogP contribution in [0.4, 0.5) is 0 Å². The molecule has 5 heteroatoms. The summed E-state index contributed by atoms with van der Waals surface area (Å²) in [6.07, 6.45) is 1.25. The van der Waals surface area contributed by atoms with Crippen molar-refractivity contribution in [2.75, 3.05) is 6.54 Å². The van der Waals surface area contributed by atoms with Gasteiger partial charge in [-0.15, -0.1) is 11.8 Å². The normalized spacial score (nSPS) is 15.6. The minimum absolute atomic E-state index is 0.0164. The molecule has 0 spiro atoms. The molecule has 1 aromatic carbocycles. The second kappa shape index (κ2) is 10.1. The van der Waals surface area contributed by atoms with E-state index in [1.165, 1.54) is 0 Å². The van der Waals surface area contributed by atoms with Crippen LogP contribution in [0.2, 0.25) is 0 Å². The smallest absolute Gasteiger partial charge is 0.323 e. The summed E-state index contributed by atoms with van der Waals surface area (Å²) in [5.41, 5.74) is -0.493. The summed E-state index contributed by atoms with van der Waals surface area (Å²) in [7, 11) is 0. The molecule has 0 saturated carbocycles. The first-order valence-corrected chi connectivity index (χ1v) is 9.47. The Hall–Kier alpha value is -1.04. The van der Waals surface area contributed by atoms with E-state index in [1.807, 2.05) is 51.1 Å². The molecular weight excluding hydrogens is 322 g/mol. The van der Waals surface area contributed by atoms with E-state index >= 15 is 0 Å². The Bertz CT molecular complexity index is 487. The van der Waals surface area contributed by atoms with Gasteiger partial charge in [-0.1, -0.05) is 31.5 Å². The number of benzene rings is 1. The Kier molecular flexibility index (Phi) is 8.81. The third-order valence-corrected chi connectivity index (χ3v) is 4.76. The average molecular weight is 354 g/mol. The predicted octanol–water partition coefficient (Wildman–Crippen LogP) is 3.63. The SMILES string of the molecule is CCC[C@H](O)[C@@H](CN[C@@H](C)C(=O)OC(C)(C)C)Sc1ccccc1. The zero-order chi connectivity index (χ0) is 18.2. The summed E-state index contributed by atoms with van der Waals surface area (Å²) >= 11 is 1.64. The zero-order valence-corrected chi connectivity index (χ0v) is 16.2. The molecule has 0 heterocycles. The van der Waals surface area contributed by atoms with Crippen LogP contribution in [-0.4, -0.2) is 40.6 Å². The molecule has 2 N–H and O–H groups in total. The highest BCUT2D eigenvalue weighted by Crippen LogP contribution is 2.26. The van der Waals surface area contributed by atoms with Crippen LogP contribution in [0.25, 0.3) is 0 Å². The number of carbonyl (C=O) groups is 1. The third-order valence-electron chi connectivity index (χ3n) is 3.43. The Morgan fingerprint density at radius 1 is 1.29 bits per heavy atom. The van der Waals surface area contributed by atoms with Crippen LogP contribution < -0.4 is 5.32 Å². The van der Waals surface area contributed by atoms with E-state index in [9.17, 15) is 9.90 Å². The highest BCUT2D eigenvalue weighted by atomic mass is 32.2. The van der Waals surface area contributed by atoms with Crippen LogP contribution in [0.15, 0.2) is 35.2 Å². The fourth-order valence-electron chi connectivity index (χ4n) is 2.18. The first-order chi connectivity index (χ1) is 11.2. The zero-order valence-electron chi connectivity index (χ0n) is 15.4. The van der Waals surface area contributed by atoms with Gasteiger partial charge in [0.05, 0.1) is 6.10 Å². The second-order valence-corrected chi connectivity index (χ2v) is 8.30. The van der Waals surface area contributed by atoms with E-state index in [0.29, 0.717) is 6.54 Å². The number of aliphatic hydroxyl groups excluding tert-OH is 1. The molecule has 24 heavy (non-hydrogen) atoms. The van der Waals surface area contributed by atoms with Gasteiger partial charge in [-0.3, -0.25) is 4.79 Å². The summed E-state index contributed by atoms with van der Waals surface area (Å²) in [5.74, 6) is -0.268. The van der Waals surface area contributed by atoms with Crippen molar-refractivity contribution < 1.29 is 14.6 Å². The lowest BCUT2D eigenvalue weighted by Gasteiger charge is -2.26. The molecule has 0 fully saturated rings. The maximum absolute atomic E-state index is 12.1. The number of esters is 1. The molecule has 0 amide bonds. The van der Waals surface area contributed by atoms with Crippen molar-refractivity contribution in [3.63, 3.8) is 0 Å². The molecule has 3 atom stereocenters. The van der Waals surface area contributed by atoms with Crippen molar-refractivity contribution in [3.05, 3.63) is 30.3 Å². The van der Waals surface area contributed by atoms with E-state index in [0.717, 1.165) is 17.7 Å². The number of carbonyl (C=O) groups excluding carboxylic acids is 1. The van der Waals surface area contributed by atoms with Crippen molar-refractivity contribution in [1.29, 1.82) is 0 Å². The number of hydrogen-bond donors (Lipinski definition) is 2. The van der Waals surface area contributed by atoms with Crippen molar-refractivity contribution in [1.82, 2.24) is 5.32 Å². The van der Waals surface area contributed by atoms with Gasteiger partial charge >= 0.3 is 5.97 Å². The highest BCUT2D eigenvalue weighted by molar-refractivity contribution is 8.00. The van der Waals surface area contributed by atoms with Gasteiger partial charge in [0.25, 0.3) is 0 Å². The molecule has 0 aliphatic heterocycles. The molecule has 0 saturated heterocycles. The van der Waals surface area contributed by atoms with Gasteiger partial charge in [-0.05, 0) is 46.2 Å². The Balaban J connectivity index is 2.63. The Labute approximate surface area is 150 Å². The fourth-order valence-corrected chi connectivity index (χ4v) is 3.31. The van der Waals surface area contributed by atoms with E-state index in [2.05, 4.69) is 12.2 Å². The summed E-state index contributed by atoms with van der Waals surface area (Å²) in [6, 6.07) is 9.62. The molecule has 0 bridgehead atoms. The van der Waals surface area contributed by atoms with E-state index in [4.69, 9.17) is 4.74 Å². The largest absolute Gasteiger partial charge is 0.459 e. The minimum atomic E-state index is -0.493. The van der Waals surface area contributed by atoms with Gasteiger partial charge in [0.2, 0.25) is 0 Å². The lowest BCUT2D eigenvalue weighted by molar-refractivity contribution is -0.156. The first kappa shape index (κ1) is 21.0. The molecular formula is C19H31NO3S. The van der Waals surface area contributed by atoms with Crippen molar-refractivity contribution in [2.24, 2.45) is 0 Å². The molecule has 1 rings (SSSR count). The van der Waals surface area contributed by atoms with Crippen molar-refractivity contribution >= 4 is 17.7 Å². The number of ether oxygens (including phenoxy) is 1. The molecule has 136 valence electrons. The standard InChI is InChI=1S/C19H31NO3S/c1-6-10-16(21)17(24-15-11-8-7-9-12-15)13-20-14(2)18(22)23-19(3,4)5/h7-9,11-12,14,16-17,20-21H,6,10,13H2,1-5H3/t14-,16-,17+/m0/s1. The van der Waals surface area contributed by atoms with Crippen LogP contribution in [0.1, 0.15) is 47.5 Å². The maximum Gasteiger partial charge on any atom is 0.323 e. The Morgan fingerprint density at radius 2 is 1.92 bits per heavy atom. The summed E-state index contributed by atoms with van der Waals surface area (Å²) in [6.45, 7) is 9.97. The molecule has 4 nitrogen and oxygen atoms in total. The molecule has 0 aliphatic carbocycles. The number of thioether (sulfide) groups is 1. The van der Waals surface area contributed by atoms with Crippen LogP contribution >= 0.6 is 11.8 Å².